The van der Waals surface area contributed by atoms with E-state index in [2.05, 4.69) is 0 Å². The lowest BCUT2D eigenvalue weighted by Crippen LogP contribution is -2.54. The van der Waals surface area contributed by atoms with Crippen LogP contribution in [0.25, 0.3) is 10.9 Å². The van der Waals surface area contributed by atoms with Crippen LogP contribution in [0.5, 0.6) is 0 Å². The van der Waals surface area contributed by atoms with Crippen molar-refractivity contribution in [2.45, 2.75) is 84.5 Å². The van der Waals surface area contributed by atoms with Gasteiger partial charge in [-0.1, -0.05) is 11.6 Å². The molecule has 2 heterocycles. The molecule has 0 saturated carbocycles. The van der Waals surface area contributed by atoms with Crippen LogP contribution in [0.4, 0.5) is 9.18 Å². The number of carbonyl (C=O) groups excluding carboxylic acids is 2. The number of likely N-dealkylation sites (tertiary alicyclic amines) is 1. The van der Waals surface area contributed by atoms with Crippen LogP contribution in [-0.4, -0.2) is 70.9 Å². The first-order valence-electron chi connectivity index (χ1n) is 12.7. The number of aryl methyl sites for hydroxylation is 1. The minimum absolute atomic E-state index is 0.131. The molecular formula is C27H39ClFN3O4. The predicted molar refractivity (Wildman–Crippen MR) is 140 cm³/mol. The van der Waals surface area contributed by atoms with Gasteiger partial charge in [0, 0.05) is 44.8 Å². The van der Waals surface area contributed by atoms with Gasteiger partial charge in [0.15, 0.2) is 0 Å². The van der Waals surface area contributed by atoms with E-state index in [0.717, 1.165) is 25.7 Å². The van der Waals surface area contributed by atoms with Crippen molar-refractivity contribution in [3.05, 3.63) is 34.7 Å². The Kier molecular flexibility index (Phi) is 9.28. The Balaban J connectivity index is 1.95. The zero-order valence-corrected chi connectivity index (χ0v) is 23.0. The van der Waals surface area contributed by atoms with Crippen LogP contribution >= 0.6 is 11.6 Å². The molecule has 1 aliphatic rings. The maximum atomic E-state index is 14.2. The van der Waals surface area contributed by atoms with Gasteiger partial charge >= 0.3 is 6.09 Å². The van der Waals surface area contributed by atoms with Gasteiger partial charge in [-0.2, -0.15) is 0 Å². The second kappa shape index (κ2) is 11.8. The van der Waals surface area contributed by atoms with Gasteiger partial charge in [-0.15, -0.1) is 0 Å². The maximum absolute atomic E-state index is 14.2. The summed E-state index contributed by atoms with van der Waals surface area (Å²) in [4.78, 5) is 30.4. The molecule has 0 bridgehead atoms. The van der Waals surface area contributed by atoms with E-state index in [1.54, 1.807) is 18.1 Å². The molecule has 2 aromatic rings. The third-order valence-electron chi connectivity index (χ3n) is 6.38. The quantitative estimate of drug-likeness (QED) is 0.391. The van der Waals surface area contributed by atoms with Crippen molar-refractivity contribution >= 4 is 34.5 Å². The van der Waals surface area contributed by atoms with Gasteiger partial charge in [-0.25, -0.2) is 9.18 Å². The molecule has 1 atom stereocenters. The van der Waals surface area contributed by atoms with Crippen LogP contribution in [0.15, 0.2) is 18.2 Å². The fourth-order valence-corrected chi connectivity index (χ4v) is 5.20. The van der Waals surface area contributed by atoms with Crippen molar-refractivity contribution in [1.29, 1.82) is 0 Å². The Morgan fingerprint density at radius 2 is 1.97 bits per heavy atom. The molecule has 2 amide bonds. The number of halogens is 2. The number of aromatic nitrogens is 1. The molecule has 9 heteroatoms. The highest BCUT2D eigenvalue weighted by Gasteiger charge is 2.36. The summed E-state index contributed by atoms with van der Waals surface area (Å²) >= 11 is 6.79. The normalized spacial score (nSPS) is 16.6. The van der Waals surface area contributed by atoms with Crippen LogP contribution in [-0.2, 0) is 16.0 Å². The summed E-state index contributed by atoms with van der Waals surface area (Å²) in [5.41, 5.74) is 0.366. The van der Waals surface area contributed by atoms with Gasteiger partial charge < -0.3 is 23.8 Å². The first kappa shape index (κ1) is 28.3. The highest BCUT2D eigenvalue weighted by Crippen LogP contribution is 2.34. The molecular weight excluding hydrogens is 485 g/mol. The van der Waals surface area contributed by atoms with Crippen molar-refractivity contribution in [2.24, 2.45) is 0 Å². The Bertz CT molecular complexity index is 1080. The van der Waals surface area contributed by atoms with Crippen molar-refractivity contribution in [1.82, 2.24) is 14.4 Å². The van der Waals surface area contributed by atoms with Crippen molar-refractivity contribution in [3.8, 4) is 0 Å². The molecule has 200 valence electrons. The molecule has 1 aromatic heterocycles. The molecule has 7 nitrogen and oxygen atoms in total. The third kappa shape index (κ3) is 6.51. The third-order valence-corrected chi connectivity index (χ3v) is 6.76. The van der Waals surface area contributed by atoms with Crippen LogP contribution in [0.3, 0.4) is 0 Å². The van der Waals surface area contributed by atoms with E-state index in [0.29, 0.717) is 47.9 Å². The molecule has 1 aliphatic heterocycles. The second-order valence-corrected chi connectivity index (χ2v) is 11.1. The fourth-order valence-electron chi connectivity index (χ4n) is 4.86. The van der Waals surface area contributed by atoms with Crippen LogP contribution < -0.4 is 0 Å². The number of ether oxygens (including phenoxy) is 2. The summed E-state index contributed by atoms with van der Waals surface area (Å²) in [5, 5.41) is 0.975. The first-order valence-corrected chi connectivity index (χ1v) is 13.1. The highest BCUT2D eigenvalue weighted by atomic mass is 35.5. The number of fused-ring (bicyclic) bond motifs is 1. The lowest BCUT2D eigenvalue weighted by Gasteiger charge is -2.41. The van der Waals surface area contributed by atoms with E-state index in [1.807, 2.05) is 44.1 Å². The number of carbonyl (C=O) groups is 2. The topological polar surface area (TPSA) is 64.0 Å². The average Bonchev–Trinajstić information content (AvgIpc) is 3.06. The van der Waals surface area contributed by atoms with Crippen molar-refractivity contribution in [2.75, 3.05) is 26.8 Å². The largest absolute Gasteiger partial charge is 0.444 e. The van der Waals surface area contributed by atoms with Crippen LogP contribution in [0, 0.1) is 5.82 Å². The number of rotatable bonds is 8. The monoisotopic (exact) mass is 523 g/mol. The van der Waals surface area contributed by atoms with Crippen LogP contribution in [0.1, 0.15) is 70.8 Å². The standard InChI is InChI=1S/C27H39ClFN3O4/c1-18(2)32(20-10-9-13-30(17-20)26(34)36-27(3,4)5)25(33)24-23(28)21-12-11-19(29)16-22(21)31(24)14-7-8-15-35-6/h11-12,16,18,20H,7-10,13-15,17H2,1-6H3/t20-/m1/s1. The van der Waals surface area contributed by atoms with Gasteiger partial charge in [0.2, 0.25) is 0 Å². The number of piperidine rings is 1. The Morgan fingerprint density at radius 3 is 2.61 bits per heavy atom. The van der Waals surface area contributed by atoms with Gasteiger partial charge in [0.05, 0.1) is 16.6 Å². The predicted octanol–water partition coefficient (Wildman–Crippen LogP) is 6.11. The SMILES string of the molecule is COCCCCn1c(C(=O)N(C(C)C)[C@@H]2CCCN(C(=O)OC(C)(C)C)C2)c(Cl)c2ccc(F)cc21. The smallest absolute Gasteiger partial charge is 0.410 e. The van der Waals surface area contributed by atoms with Crippen LogP contribution in [0.2, 0.25) is 5.02 Å². The fraction of sp³-hybridized carbons (Fsp3) is 0.630. The van der Waals surface area contributed by atoms with Crippen molar-refractivity contribution < 1.29 is 23.5 Å². The Hall–Kier alpha value is -2.32. The highest BCUT2D eigenvalue weighted by molar-refractivity contribution is 6.38. The number of unbranched alkanes of at least 4 members (excludes halogenated alkanes) is 1. The number of hydrogen-bond acceptors (Lipinski definition) is 4. The first-order chi connectivity index (χ1) is 16.9. The summed E-state index contributed by atoms with van der Waals surface area (Å²) in [7, 11) is 1.65. The summed E-state index contributed by atoms with van der Waals surface area (Å²) in [5.74, 6) is -0.593. The molecule has 0 unspecified atom stereocenters. The number of nitrogens with zero attached hydrogens (tertiary/aromatic N) is 3. The number of benzene rings is 1. The van der Waals surface area contributed by atoms with Gasteiger partial charge in [0.1, 0.15) is 17.1 Å². The minimum atomic E-state index is -0.593. The lowest BCUT2D eigenvalue weighted by molar-refractivity contribution is 0.00733. The zero-order chi connectivity index (χ0) is 26.6. The van der Waals surface area contributed by atoms with E-state index in [9.17, 15) is 14.0 Å². The minimum Gasteiger partial charge on any atom is -0.444 e. The molecule has 1 saturated heterocycles. The molecule has 0 radical (unpaired) electrons. The Labute approximate surface area is 218 Å². The zero-order valence-electron chi connectivity index (χ0n) is 22.3. The molecule has 36 heavy (non-hydrogen) atoms. The molecule has 0 spiro atoms. The number of hydrogen-bond donors (Lipinski definition) is 0. The Morgan fingerprint density at radius 1 is 1.25 bits per heavy atom. The summed E-state index contributed by atoms with van der Waals surface area (Å²) in [6.45, 7) is 11.5. The van der Waals surface area contributed by atoms with E-state index in [1.165, 1.54) is 12.1 Å². The van der Waals surface area contributed by atoms with E-state index in [-0.39, 0.29) is 29.9 Å². The maximum Gasteiger partial charge on any atom is 0.410 e. The van der Waals surface area contributed by atoms with E-state index < -0.39 is 5.60 Å². The summed E-state index contributed by atoms with van der Waals surface area (Å²) < 4.78 is 26.8. The summed E-state index contributed by atoms with van der Waals surface area (Å²) in [6, 6.07) is 4.09. The number of amides is 2. The average molecular weight is 524 g/mol. The van der Waals surface area contributed by atoms with Gasteiger partial charge in [0.25, 0.3) is 5.91 Å². The van der Waals surface area contributed by atoms with E-state index >= 15 is 0 Å². The second-order valence-electron chi connectivity index (χ2n) is 10.7. The van der Waals surface area contributed by atoms with E-state index in [4.69, 9.17) is 21.1 Å². The summed E-state index contributed by atoms with van der Waals surface area (Å²) in [6.07, 6.45) is 2.72. The number of methoxy groups -OCH3 is 1. The molecule has 0 aliphatic carbocycles. The molecule has 0 N–H and O–H groups in total. The lowest BCUT2D eigenvalue weighted by atomic mass is 10.0. The van der Waals surface area contributed by atoms with Gasteiger partial charge in [-0.3, -0.25) is 4.79 Å². The van der Waals surface area contributed by atoms with Gasteiger partial charge in [-0.05, 0) is 78.5 Å². The van der Waals surface area contributed by atoms with Crippen molar-refractivity contribution in [3.63, 3.8) is 0 Å². The molecule has 1 aromatic carbocycles. The molecule has 3 rings (SSSR count). The molecule has 1 fully saturated rings.